The van der Waals surface area contributed by atoms with Gasteiger partial charge in [0.25, 0.3) is 5.91 Å². The maximum Gasteiger partial charge on any atom is 0.255 e. The number of carbonyl (C=O) groups is 3. The van der Waals surface area contributed by atoms with E-state index in [2.05, 4.69) is 21.6 Å². The van der Waals surface area contributed by atoms with E-state index < -0.39 is 6.04 Å². The summed E-state index contributed by atoms with van der Waals surface area (Å²) in [7, 11) is 0. The Labute approximate surface area is 183 Å². The highest BCUT2D eigenvalue weighted by atomic mass is 16.2. The highest BCUT2D eigenvalue weighted by Crippen LogP contribution is 2.37. The van der Waals surface area contributed by atoms with Gasteiger partial charge in [-0.2, -0.15) is 0 Å². The van der Waals surface area contributed by atoms with Crippen LogP contribution in [0.3, 0.4) is 0 Å². The minimum Gasteiger partial charge on any atom is -0.322 e. The summed E-state index contributed by atoms with van der Waals surface area (Å²) in [5.74, 6) is -0.658. The Kier molecular flexibility index (Phi) is 5.56. The van der Waals surface area contributed by atoms with E-state index in [4.69, 9.17) is 0 Å². The van der Waals surface area contributed by atoms with Crippen molar-refractivity contribution < 1.29 is 14.4 Å². The molecule has 0 radical (unpaired) electrons. The molecular weight excluding hydrogens is 392 g/mol. The summed E-state index contributed by atoms with van der Waals surface area (Å²) in [5.41, 5.74) is 3.09. The first kappa shape index (κ1) is 20.6. The van der Waals surface area contributed by atoms with E-state index in [1.165, 1.54) is 38.5 Å². The minimum atomic E-state index is -0.556. The smallest absolute Gasteiger partial charge is 0.255 e. The summed E-state index contributed by atoms with van der Waals surface area (Å²) in [5, 5.41) is 5.90. The minimum absolute atomic E-state index is 0.0609. The molecule has 7 nitrogen and oxygen atoms in total. The predicted octanol–water partition coefficient (Wildman–Crippen LogP) is 1.95. The van der Waals surface area contributed by atoms with E-state index in [1.807, 2.05) is 12.1 Å². The SMILES string of the molecule is O=C1CCC(N2Cc3cccc(CN4CCCCCC45CCNCC5)c3C2=O)C(=O)N1. The molecule has 31 heavy (non-hydrogen) atoms. The number of nitrogens with zero attached hydrogens (tertiary/aromatic N) is 2. The number of benzene rings is 1. The molecule has 4 aliphatic rings. The van der Waals surface area contributed by atoms with E-state index in [0.29, 0.717) is 13.0 Å². The zero-order valence-electron chi connectivity index (χ0n) is 18.1. The fourth-order valence-electron chi connectivity index (χ4n) is 6.06. The summed E-state index contributed by atoms with van der Waals surface area (Å²) in [4.78, 5) is 41.7. The molecule has 166 valence electrons. The van der Waals surface area contributed by atoms with Gasteiger partial charge in [0.05, 0.1) is 0 Å². The molecule has 0 bridgehead atoms. The quantitative estimate of drug-likeness (QED) is 0.725. The first-order chi connectivity index (χ1) is 15.1. The van der Waals surface area contributed by atoms with Gasteiger partial charge in [-0.3, -0.25) is 24.6 Å². The number of hydrogen-bond donors (Lipinski definition) is 2. The second-order valence-electron chi connectivity index (χ2n) is 9.56. The zero-order chi connectivity index (χ0) is 21.4. The third kappa shape index (κ3) is 3.78. The largest absolute Gasteiger partial charge is 0.322 e. The average Bonchev–Trinajstić information content (AvgIpc) is 2.99. The summed E-state index contributed by atoms with van der Waals surface area (Å²) < 4.78 is 0. The molecule has 2 N–H and O–H groups in total. The lowest BCUT2D eigenvalue weighted by atomic mass is 9.82. The van der Waals surface area contributed by atoms with Crippen LogP contribution in [0, 0.1) is 0 Å². The second-order valence-corrected chi connectivity index (χ2v) is 9.56. The van der Waals surface area contributed by atoms with Crippen LogP contribution in [0.4, 0.5) is 0 Å². The molecule has 1 atom stereocenters. The number of nitrogens with one attached hydrogen (secondary N) is 2. The van der Waals surface area contributed by atoms with Crippen LogP contribution in [0.1, 0.15) is 72.9 Å². The lowest BCUT2D eigenvalue weighted by Gasteiger charge is -2.46. The van der Waals surface area contributed by atoms with E-state index >= 15 is 0 Å². The Morgan fingerprint density at radius 1 is 1.03 bits per heavy atom. The van der Waals surface area contributed by atoms with E-state index in [9.17, 15) is 14.4 Å². The van der Waals surface area contributed by atoms with Gasteiger partial charge in [0.1, 0.15) is 6.04 Å². The van der Waals surface area contributed by atoms with Crippen LogP contribution in [0.2, 0.25) is 0 Å². The van der Waals surface area contributed by atoms with Crippen LogP contribution in [0.15, 0.2) is 18.2 Å². The van der Waals surface area contributed by atoms with Crippen molar-refractivity contribution in [2.75, 3.05) is 19.6 Å². The van der Waals surface area contributed by atoms with Crippen molar-refractivity contribution in [2.24, 2.45) is 0 Å². The van der Waals surface area contributed by atoms with Gasteiger partial charge in [-0.05, 0) is 62.9 Å². The number of rotatable bonds is 3. The van der Waals surface area contributed by atoms with Crippen LogP contribution < -0.4 is 10.6 Å². The number of fused-ring (bicyclic) bond motifs is 1. The molecule has 1 aromatic rings. The van der Waals surface area contributed by atoms with Gasteiger partial charge in [-0.1, -0.05) is 31.0 Å². The number of hydrogen-bond acceptors (Lipinski definition) is 5. The fourth-order valence-corrected chi connectivity index (χ4v) is 6.06. The van der Waals surface area contributed by atoms with Crippen molar-refractivity contribution in [3.63, 3.8) is 0 Å². The molecule has 0 saturated carbocycles. The summed E-state index contributed by atoms with van der Waals surface area (Å²) in [6, 6.07) is 5.58. The third-order valence-corrected chi connectivity index (χ3v) is 7.78. The summed E-state index contributed by atoms with van der Waals surface area (Å²) in [6.07, 6.45) is 8.03. The second kappa shape index (κ2) is 8.36. The number of carbonyl (C=O) groups excluding carboxylic acids is 3. The highest BCUT2D eigenvalue weighted by molar-refractivity contribution is 6.06. The van der Waals surface area contributed by atoms with Gasteiger partial charge >= 0.3 is 0 Å². The number of piperidine rings is 2. The number of imide groups is 1. The molecule has 3 saturated heterocycles. The molecule has 5 rings (SSSR count). The maximum absolute atomic E-state index is 13.5. The van der Waals surface area contributed by atoms with Crippen molar-refractivity contribution in [2.45, 2.75) is 76.0 Å². The molecule has 4 aliphatic heterocycles. The molecule has 1 spiro atoms. The average molecular weight is 425 g/mol. The molecule has 3 amide bonds. The molecular formula is C24H32N4O3. The van der Waals surface area contributed by atoms with E-state index in [1.54, 1.807) is 4.90 Å². The van der Waals surface area contributed by atoms with Crippen molar-refractivity contribution >= 4 is 17.7 Å². The van der Waals surface area contributed by atoms with Crippen molar-refractivity contribution in [1.82, 2.24) is 20.4 Å². The Morgan fingerprint density at radius 2 is 1.87 bits per heavy atom. The fraction of sp³-hybridized carbons (Fsp3) is 0.625. The highest BCUT2D eigenvalue weighted by Gasteiger charge is 2.42. The van der Waals surface area contributed by atoms with Crippen LogP contribution in [0.5, 0.6) is 0 Å². The van der Waals surface area contributed by atoms with Gasteiger partial charge in [-0.25, -0.2) is 0 Å². The van der Waals surface area contributed by atoms with Gasteiger partial charge in [-0.15, -0.1) is 0 Å². The predicted molar refractivity (Wildman–Crippen MR) is 116 cm³/mol. The number of likely N-dealkylation sites (tertiary alicyclic amines) is 1. The zero-order valence-corrected chi connectivity index (χ0v) is 18.1. The third-order valence-electron chi connectivity index (χ3n) is 7.78. The van der Waals surface area contributed by atoms with Crippen molar-refractivity contribution in [1.29, 1.82) is 0 Å². The van der Waals surface area contributed by atoms with Gasteiger partial charge in [0, 0.05) is 30.6 Å². The van der Waals surface area contributed by atoms with Crippen LogP contribution >= 0.6 is 0 Å². The van der Waals surface area contributed by atoms with Gasteiger partial charge in [0.15, 0.2) is 0 Å². The van der Waals surface area contributed by atoms with Crippen LogP contribution in [-0.2, 0) is 22.7 Å². The Morgan fingerprint density at radius 3 is 2.68 bits per heavy atom. The normalized spacial score (nSPS) is 26.6. The summed E-state index contributed by atoms with van der Waals surface area (Å²) in [6.45, 7) is 4.44. The topological polar surface area (TPSA) is 81.8 Å². The number of amides is 3. The maximum atomic E-state index is 13.5. The molecule has 1 unspecified atom stereocenters. The molecule has 3 fully saturated rings. The Hall–Kier alpha value is -2.25. The van der Waals surface area contributed by atoms with E-state index in [-0.39, 0.29) is 29.7 Å². The molecule has 7 heteroatoms. The molecule has 0 aromatic heterocycles. The van der Waals surface area contributed by atoms with E-state index in [0.717, 1.165) is 42.9 Å². The standard InChI is InChI=1S/C24H32N4O3/c29-20-8-7-19(22(30)26-20)28-16-18-6-4-5-17(21(18)23(28)31)15-27-14-3-1-2-9-24(27)10-12-25-13-11-24/h4-6,19,25H,1-3,7-16H2,(H,26,29,30). The lowest BCUT2D eigenvalue weighted by molar-refractivity contribution is -0.136. The molecule has 4 heterocycles. The first-order valence-electron chi connectivity index (χ1n) is 11.8. The van der Waals surface area contributed by atoms with Crippen molar-refractivity contribution in [3.8, 4) is 0 Å². The molecule has 0 aliphatic carbocycles. The lowest BCUT2D eigenvalue weighted by Crippen LogP contribution is -2.54. The monoisotopic (exact) mass is 424 g/mol. The van der Waals surface area contributed by atoms with Gasteiger partial charge < -0.3 is 10.2 Å². The molecule has 1 aromatic carbocycles. The Bertz CT molecular complexity index is 893. The summed E-state index contributed by atoms with van der Waals surface area (Å²) >= 11 is 0. The van der Waals surface area contributed by atoms with Crippen LogP contribution in [-0.4, -0.2) is 58.7 Å². The van der Waals surface area contributed by atoms with Crippen molar-refractivity contribution in [3.05, 3.63) is 34.9 Å². The Balaban J connectivity index is 1.41. The van der Waals surface area contributed by atoms with Crippen LogP contribution in [0.25, 0.3) is 0 Å². The first-order valence-corrected chi connectivity index (χ1v) is 11.8. The van der Waals surface area contributed by atoms with Gasteiger partial charge in [0.2, 0.25) is 11.8 Å².